The van der Waals surface area contributed by atoms with Crippen LogP contribution in [0.3, 0.4) is 0 Å². The first-order valence-corrected chi connectivity index (χ1v) is 10.2. The quantitative estimate of drug-likeness (QED) is 0.833. The highest BCUT2D eigenvalue weighted by atomic mass is 16.2. The van der Waals surface area contributed by atoms with Crippen molar-refractivity contribution in [2.75, 3.05) is 4.90 Å². The fourth-order valence-corrected chi connectivity index (χ4v) is 4.57. The number of nitrogens with zero attached hydrogens (tertiary/aromatic N) is 1. The van der Waals surface area contributed by atoms with Crippen molar-refractivity contribution in [3.63, 3.8) is 0 Å². The third-order valence-corrected chi connectivity index (χ3v) is 6.03. The summed E-state index contributed by atoms with van der Waals surface area (Å²) in [6.07, 6.45) is 1.35. The van der Waals surface area contributed by atoms with E-state index in [0.717, 1.165) is 22.4 Å². The van der Waals surface area contributed by atoms with Crippen LogP contribution in [0.2, 0.25) is 0 Å². The number of primary amides is 1. The molecule has 1 aliphatic heterocycles. The predicted octanol–water partition coefficient (Wildman–Crippen LogP) is 4.26. The van der Waals surface area contributed by atoms with Gasteiger partial charge in [0.25, 0.3) is 0 Å². The fraction of sp³-hybridized carbons (Fsp3) is 0.320. The number of rotatable bonds is 3. The molecular weight excluding hydrogens is 376 g/mol. The Morgan fingerprint density at radius 3 is 2.23 bits per heavy atom. The van der Waals surface area contributed by atoms with Gasteiger partial charge < -0.3 is 5.73 Å². The molecule has 1 heterocycles. The number of amides is 2. The maximum atomic E-state index is 13.3. The maximum Gasteiger partial charge on any atom is 0.248 e. The highest BCUT2D eigenvalue weighted by Gasteiger charge is 2.44. The number of carbonyl (C=O) groups excluding carboxylic acids is 3. The van der Waals surface area contributed by atoms with E-state index in [2.05, 4.69) is 13.8 Å². The molecule has 0 radical (unpaired) electrons. The van der Waals surface area contributed by atoms with Gasteiger partial charge in [0.15, 0.2) is 5.78 Å². The average Bonchev–Trinajstić information content (AvgIpc) is 2.67. The molecule has 1 aliphatic carbocycles. The lowest BCUT2D eigenvalue weighted by atomic mass is 9.69. The Balaban J connectivity index is 1.85. The van der Waals surface area contributed by atoms with Crippen LogP contribution in [-0.4, -0.2) is 17.6 Å². The Kier molecular flexibility index (Phi) is 4.85. The first-order chi connectivity index (χ1) is 14.2. The van der Waals surface area contributed by atoms with Gasteiger partial charge >= 0.3 is 0 Å². The molecule has 1 atom stereocenters. The van der Waals surface area contributed by atoms with E-state index >= 15 is 0 Å². The van der Waals surface area contributed by atoms with E-state index in [0.29, 0.717) is 24.1 Å². The molecule has 2 aromatic rings. The third kappa shape index (κ3) is 3.56. The number of aryl methyl sites for hydroxylation is 1. The molecule has 2 aliphatic rings. The summed E-state index contributed by atoms with van der Waals surface area (Å²) in [5.74, 6) is -0.674. The van der Waals surface area contributed by atoms with Crippen molar-refractivity contribution in [3.05, 3.63) is 76.5 Å². The zero-order valence-electron chi connectivity index (χ0n) is 17.6. The molecule has 5 nitrogen and oxygen atoms in total. The van der Waals surface area contributed by atoms with Crippen molar-refractivity contribution in [2.45, 2.75) is 46.0 Å². The first-order valence-electron chi connectivity index (χ1n) is 10.2. The number of nitrogens with two attached hydrogens (primary N) is 1. The summed E-state index contributed by atoms with van der Waals surface area (Å²) in [6, 6.07) is 14.8. The van der Waals surface area contributed by atoms with Gasteiger partial charge in [-0.2, -0.15) is 0 Å². The van der Waals surface area contributed by atoms with Gasteiger partial charge in [0, 0.05) is 41.3 Å². The Morgan fingerprint density at radius 2 is 1.63 bits per heavy atom. The molecule has 5 heteroatoms. The third-order valence-electron chi connectivity index (χ3n) is 6.03. The number of allylic oxidation sites excluding steroid dienone is 2. The molecule has 2 aromatic carbocycles. The Hall–Kier alpha value is -3.21. The summed E-state index contributed by atoms with van der Waals surface area (Å²) in [6.45, 7) is 6.14. The van der Waals surface area contributed by atoms with Gasteiger partial charge in [0.2, 0.25) is 11.8 Å². The normalized spacial score (nSPS) is 20.9. The van der Waals surface area contributed by atoms with Crippen LogP contribution in [0, 0.1) is 12.3 Å². The molecule has 154 valence electrons. The molecule has 0 spiro atoms. The van der Waals surface area contributed by atoms with E-state index in [4.69, 9.17) is 5.73 Å². The second-order valence-electron chi connectivity index (χ2n) is 9.11. The lowest BCUT2D eigenvalue weighted by Gasteiger charge is -2.43. The van der Waals surface area contributed by atoms with Gasteiger partial charge in [-0.05, 0) is 48.6 Å². The van der Waals surface area contributed by atoms with E-state index in [1.807, 2.05) is 31.2 Å². The monoisotopic (exact) mass is 402 g/mol. The van der Waals surface area contributed by atoms with Crippen LogP contribution in [0.4, 0.5) is 5.69 Å². The molecule has 30 heavy (non-hydrogen) atoms. The zero-order valence-corrected chi connectivity index (χ0v) is 17.6. The van der Waals surface area contributed by atoms with Gasteiger partial charge in [0.05, 0.1) is 0 Å². The number of anilines is 1. The molecular formula is C25H26N2O3. The van der Waals surface area contributed by atoms with Crippen molar-refractivity contribution < 1.29 is 14.4 Å². The summed E-state index contributed by atoms with van der Waals surface area (Å²) in [5, 5.41) is 0. The van der Waals surface area contributed by atoms with Crippen LogP contribution in [0.15, 0.2) is 59.8 Å². The molecule has 0 saturated carbocycles. The van der Waals surface area contributed by atoms with Gasteiger partial charge in [-0.15, -0.1) is 0 Å². The van der Waals surface area contributed by atoms with Crippen LogP contribution < -0.4 is 10.6 Å². The number of carbonyl (C=O) groups is 3. The van der Waals surface area contributed by atoms with E-state index in [1.165, 1.54) is 0 Å². The molecule has 1 unspecified atom stereocenters. The summed E-state index contributed by atoms with van der Waals surface area (Å²) in [4.78, 5) is 39.7. The highest BCUT2D eigenvalue weighted by molar-refractivity contribution is 6.08. The fourth-order valence-electron chi connectivity index (χ4n) is 4.57. The van der Waals surface area contributed by atoms with E-state index in [9.17, 15) is 14.4 Å². The van der Waals surface area contributed by atoms with Gasteiger partial charge in [-0.1, -0.05) is 43.7 Å². The lowest BCUT2D eigenvalue weighted by molar-refractivity contribution is -0.121. The Labute approximate surface area is 176 Å². The smallest absolute Gasteiger partial charge is 0.248 e. The van der Waals surface area contributed by atoms with Crippen molar-refractivity contribution in [3.8, 4) is 0 Å². The minimum Gasteiger partial charge on any atom is -0.366 e. The van der Waals surface area contributed by atoms with Crippen molar-refractivity contribution >= 4 is 23.3 Å². The molecule has 0 bridgehead atoms. The maximum absolute atomic E-state index is 13.3. The van der Waals surface area contributed by atoms with E-state index in [1.54, 1.807) is 29.2 Å². The van der Waals surface area contributed by atoms with Crippen molar-refractivity contribution in [1.82, 2.24) is 0 Å². The number of benzene rings is 2. The van der Waals surface area contributed by atoms with Crippen LogP contribution in [-0.2, 0) is 9.59 Å². The highest BCUT2D eigenvalue weighted by Crippen LogP contribution is 2.48. The lowest BCUT2D eigenvalue weighted by Crippen LogP contribution is -2.43. The van der Waals surface area contributed by atoms with Crippen LogP contribution in [0.25, 0.3) is 0 Å². The zero-order chi connectivity index (χ0) is 21.6. The second kappa shape index (κ2) is 7.24. The summed E-state index contributed by atoms with van der Waals surface area (Å²) < 4.78 is 0. The predicted molar refractivity (Wildman–Crippen MR) is 116 cm³/mol. The van der Waals surface area contributed by atoms with Crippen LogP contribution in [0.1, 0.15) is 60.5 Å². The number of ketones is 1. The largest absolute Gasteiger partial charge is 0.366 e. The molecule has 2 amide bonds. The minimum atomic E-state index is -0.514. The Bertz CT molecular complexity index is 1060. The van der Waals surface area contributed by atoms with Crippen LogP contribution >= 0.6 is 0 Å². The molecule has 0 aromatic heterocycles. The molecule has 0 fully saturated rings. The summed E-state index contributed by atoms with van der Waals surface area (Å²) in [7, 11) is 0. The van der Waals surface area contributed by atoms with Crippen LogP contribution in [0.5, 0.6) is 0 Å². The molecule has 4 rings (SSSR count). The average molecular weight is 402 g/mol. The van der Waals surface area contributed by atoms with Gasteiger partial charge in [-0.25, -0.2) is 0 Å². The second-order valence-corrected chi connectivity index (χ2v) is 9.11. The van der Waals surface area contributed by atoms with Crippen molar-refractivity contribution in [2.24, 2.45) is 11.1 Å². The molecule has 0 saturated heterocycles. The number of hydrogen-bond acceptors (Lipinski definition) is 3. The summed E-state index contributed by atoms with van der Waals surface area (Å²) >= 11 is 0. The van der Waals surface area contributed by atoms with Gasteiger partial charge in [0.1, 0.15) is 0 Å². The number of Topliss-reactive ketones (excluding diaryl/α,β-unsaturated/α-hetero) is 1. The first kappa shape index (κ1) is 20.1. The van der Waals surface area contributed by atoms with Gasteiger partial charge in [-0.3, -0.25) is 19.3 Å². The molecule has 2 N–H and O–H groups in total. The van der Waals surface area contributed by atoms with E-state index in [-0.39, 0.29) is 29.4 Å². The number of hydrogen-bond donors (Lipinski definition) is 1. The Morgan fingerprint density at radius 1 is 1.00 bits per heavy atom. The standard InChI is InChI=1S/C25H26N2O3/c1-15-4-6-16(7-5-15)19-12-22(29)27(18-10-8-17(9-11-18)24(26)30)20-13-25(2,3)14-21(28)23(19)20/h4-11,19H,12-14H2,1-3H3,(H2,26,30). The topological polar surface area (TPSA) is 80.5 Å². The minimum absolute atomic E-state index is 0.0448. The SMILES string of the molecule is Cc1ccc(C2CC(=O)N(c3ccc(C(N)=O)cc3)C3=C2C(=O)CC(C)(C)C3)cc1. The van der Waals surface area contributed by atoms with Crippen molar-refractivity contribution in [1.29, 1.82) is 0 Å². The van der Waals surface area contributed by atoms with E-state index < -0.39 is 5.91 Å². The summed E-state index contributed by atoms with van der Waals surface area (Å²) in [5.41, 5.74) is 9.83.